The van der Waals surface area contributed by atoms with Crippen LogP contribution >= 0.6 is 0 Å². The molecule has 0 spiro atoms. The minimum Gasteiger partial charge on any atom is -0.378 e. The van der Waals surface area contributed by atoms with Gasteiger partial charge in [-0.1, -0.05) is 26.7 Å². The zero-order chi connectivity index (χ0) is 14.1. The zero-order valence-corrected chi connectivity index (χ0v) is 13.2. The van der Waals surface area contributed by atoms with E-state index in [-0.39, 0.29) is 11.0 Å². The van der Waals surface area contributed by atoms with E-state index in [2.05, 4.69) is 32.6 Å². The van der Waals surface area contributed by atoms with Gasteiger partial charge < -0.3 is 10.5 Å². The molecule has 0 radical (unpaired) electrons. The molecule has 2 aliphatic rings. The number of nitrogens with two attached hydrogens (primary N) is 1. The second-order valence-corrected chi connectivity index (χ2v) is 7.19. The quantitative estimate of drug-likeness (QED) is 0.852. The maximum atomic E-state index is 6.72. The van der Waals surface area contributed by atoms with Crippen LogP contribution in [0.15, 0.2) is 0 Å². The highest BCUT2D eigenvalue weighted by Crippen LogP contribution is 2.50. The number of nitrogens with zero attached hydrogens (tertiary/aromatic N) is 1. The van der Waals surface area contributed by atoms with Crippen LogP contribution in [0.3, 0.4) is 0 Å². The van der Waals surface area contributed by atoms with Crippen LogP contribution in [0.5, 0.6) is 0 Å². The fourth-order valence-corrected chi connectivity index (χ4v) is 3.71. The molecule has 1 saturated carbocycles. The maximum absolute atomic E-state index is 6.72. The Kier molecular flexibility index (Phi) is 4.59. The molecule has 1 aliphatic carbocycles. The van der Waals surface area contributed by atoms with E-state index in [1.54, 1.807) is 0 Å². The third-order valence-electron chi connectivity index (χ3n) is 5.68. The third kappa shape index (κ3) is 2.84. The highest BCUT2D eigenvalue weighted by atomic mass is 16.5. The van der Waals surface area contributed by atoms with E-state index in [9.17, 15) is 0 Å². The van der Waals surface area contributed by atoms with Crippen LogP contribution in [0.4, 0.5) is 0 Å². The molecule has 1 heterocycles. The molecular weight excluding hydrogens is 236 g/mol. The maximum Gasteiger partial charge on any atom is 0.0662 e. The van der Waals surface area contributed by atoms with Crippen molar-refractivity contribution < 1.29 is 4.74 Å². The van der Waals surface area contributed by atoms with Gasteiger partial charge in [0.2, 0.25) is 0 Å². The molecule has 2 rings (SSSR count). The first-order valence-corrected chi connectivity index (χ1v) is 8.05. The van der Waals surface area contributed by atoms with Gasteiger partial charge in [-0.15, -0.1) is 0 Å². The van der Waals surface area contributed by atoms with Gasteiger partial charge in [0.1, 0.15) is 0 Å². The lowest BCUT2D eigenvalue weighted by atomic mass is 9.54. The Morgan fingerprint density at radius 3 is 2.63 bits per heavy atom. The molecule has 2 fully saturated rings. The van der Waals surface area contributed by atoms with E-state index >= 15 is 0 Å². The summed E-state index contributed by atoms with van der Waals surface area (Å²) in [7, 11) is 0. The molecule has 0 aromatic rings. The summed E-state index contributed by atoms with van der Waals surface area (Å²) < 4.78 is 5.83. The summed E-state index contributed by atoms with van der Waals surface area (Å²) in [5.74, 6) is 0. The topological polar surface area (TPSA) is 38.5 Å². The smallest absolute Gasteiger partial charge is 0.0662 e. The van der Waals surface area contributed by atoms with Crippen LogP contribution in [0.25, 0.3) is 0 Å². The van der Waals surface area contributed by atoms with Gasteiger partial charge in [-0.05, 0) is 39.7 Å². The van der Waals surface area contributed by atoms with Crippen molar-refractivity contribution in [1.82, 2.24) is 4.90 Å². The van der Waals surface area contributed by atoms with Gasteiger partial charge in [0, 0.05) is 30.1 Å². The molecule has 19 heavy (non-hydrogen) atoms. The first-order chi connectivity index (χ1) is 8.90. The second kappa shape index (κ2) is 5.71. The van der Waals surface area contributed by atoms with Gasteiger partial charge in [-0.2, -0.15) is 0 Å². The Bertz CT molecular complexity index is 305. The van der Waals surface area contributed by atoms with Crippen molar-refractivity contribution in [1.29, 1.82) is 0 Å². The lowest BCUT2D eigenvalue weighted by Gasteiger charge is -2.60. The summed E-state index contributed by atoms with van der Waals surface area (Å²) >= 11 is 0. The van der Waals surface area contributed by atoms with Crippen molar-refractivity contribution >= 4 is 0 Å². The summed E-state index contributed by atoms with van der Waals surface area (Å²) in [6, 6.07) is 0.685. The van der Waals surface area contributed by atoms with E-state index in [1.807, 2.05) is 0 Å². The molecule has 3 unspecified atom stereocenters. The Morgan fingerprint density at radius 2 is 2.00 bits per heavy atom. The normalized spacial score (nSPS) is 39.6. The van der Waals surface area contributed by atoms with E-state index in [0.29, 0.717) is 12.1 Å². The van der Waals surface area contributed by atoms with Crippen molar-refractivity contribution in [3.63, 3.8) is 0 Å². The Labute approximate surface area is 118 Å². The molecule has 0 amide bonds. The summed E-state index contributed by atoms with van der Waals surface area (Å²) in [6.45, 7) is 12.0. The highest BCUT2D eigenvalue weighted by molar-refractivity contribution is 5.15. The standard InChI is InChI=1S/C16H32N2O/c1-5-19-14-11-16(17,15(14,3)4)12-18-10-8-6-7-9-13(18)2/h13-14H,5-12,17H2,1-4H3. The monoisotopic (exact) mass is 268 g/mol. The van der Waals surface area contributed by atoms with Crippen molar-refractivity contribution in [3.05, 3.63) is 0 Å². The second-order valence-electron chi connectivity index (χ2n) is 7.19. The summed E-state index contributed by atoms with van der Waals surface area (Å²) in [4.78, 5) is 2.62. The summed E-state index contributed by atoms with van der Waals surface area (Å²) in [6.07, 6.45) is 6.76. The lowest BCUT2D eigenvalue weighted by Crippen LogP contribution is -2.74. The predicted molar refractivity (Wildman–Crippen MR) is 80.2 cm³/mol. The summed E-state index contributed by atoms with van der Waals surface area (Å²) in [5, 5.41) is 0. The molecule has 3 atom stereocenters. The Morgan fingerprint density at radius 1 is 1.26 bits per heavy atom. The number of hydrogen-bond donors (Lipinski definition) is 1. The zero-order valence-electron chi connectivity index (χ0n) is 13.2. The van der Waals surface area contributed by atoms with Crippen LogP contribution in [0, 0.1) is 5.41 Å². The molecule has 0 bridgehead atoms. The Balaban J connectivity index is 1.98. The predicted octanol–water partition coefficient (Wildman–Crippen LogP) is 2.78. The largest absolute Gasteiger partial charge is 0.378 e. The molecule has 0 aromatic carbocycles. The average Bonchev–Trinajstić information content (AvgIpc) is 2.55. The summed E-state index contributed by atoms with van der Waals surface area (Å²) in [5.41, 5.74) is 6.74. The molecule has 3 heteroatoms. The average molecular weight is 268 g/mol. The van der Waals surface area contributed by atoms with Crippen LogP contribution in [0.2, 0.25) is 0 Å². The lowest BCUT2D eigenvalue weighted by molar-refractivity contribution is -0.158. The molecule has 1 saturated heterocycles. The van der Waals surface area contributed by atoms with E-state index in [1.165, 1.54) is 32.2 Å². The number of likely N-dealkylation sites (tertiary alicyclic amines) is 1. The fourth-order valence-electron chi connectivity index (χ4n) is 3.71. The van der Waals surface area contributed by atoms with Crippen molar-refractivity contribution in [2.24, 2.45) is 11.1 Å². The molecule has 0 aromatic heterocycles. The first-order valence-electron chi connectivity index (χ1n) is 8.05. The third-order valence-corrected chi connectivity index (χ3v) is 5.68. The number of rotatable bonds is 4. The SMILES string of the molecule is CCOC1CC(N)(CN2CCCCCC2C)C1(C)C. The van der Waals surface area contributed by atoms with E-state index in [0.717, 1.165) is 19.6 Å². The fraction of sp³-hybridized carbons (Fsp3) is 1.00. The molecular formula is C16H32N2O. The van der Waals surface area contributed by atoms with Crippen LogP contribution in [-0.2, 0) is 4.74 Å². The van der Waals surface area contributed by atoms with Crippen molar-refractivity contribution in [2.75, 3.05) is 19.7 Å². The van der Waals surface area contributed by atoms with Gasteiger partial charge in [0.15, 0.2) is 0 Å². The molecule has 3 nitrogen and oxygen atoms in total. The molecule has 1 aliphatic heterocycles. The van der Waals surface area contributed by atoms with Crippen LogP contribution in [0.1, 0.15) is 59.8 Å². The van der Waals surface area contributed by atoms with Gasteiger partial charge in [-0.25, -0.2) is 0 Å². The first kappa shape index (κ1) is 15.3. The molecule has 112 valence electrons. The van der Waals surface area contributed by atoms with Gasteiger partial charge >= 0.3 is 0 Å². The highest BCUT2D eigenvalue weighted by Gasteiger charge is 2.58. The van der Waals surface area contributed by atoms with Gasteiger partial charge in [-0.3, -0.25) is 4.90 Å². The van der Waals surface area contributed by atoms with E-state index in [4.69, 9.17) is 10.5 Å². The number of hydrogen-bond acceptors (Lipinski definition) is 3. The minimum atomic E-state index is -0.0779. The van der Waals surface area contributed by atoms with Gasteiger partial charge in [0.25, 0.3) is 0 Å². The van der Waals surface area contributed by atoms with E-state index < -0.39 is 0 Å². The molecule has 2 N–H and O–H groups in total. The van der Waals surface area contributed by atoms with Crippen molar-refractivity contribution in [3.8, 4) is 0 Å². The van der Waals surface area contributed by atoms with Gasteiger partial charge in [0.05, 0.1) is 6.10 Å². The minimum absolute atomic E-state index is 0.0779. The van der Waals surface area contributed by atoms with Crippen molar-refractivity contribution in [2.45, 2.75) is 77.5 Å². The van der Waals surface area contributed by atoms with Crippen LogP contribution < -0.4 is 5.73 Å². The Hall–Kier alpha value is -0.120. The van der Waals surface area contributed by atoms with Crippen LogP contribution in [-0.4, -0.2) is 42.3 Å². The number of ether oxygens (including phenoxy) is 1.